The Bertz CT molecular complexity index is 672. The number of carbonyl (C=O) groups is 2. The number of hydrogen-bond acceptors (Lipinski definition) is 3. The van der Waals surface area contributed by atoms with Gasteiger partial charge in [-0.2, -0.15) is 0 Å². The molecule has 114 valence electrons. The maximum absolute atomic E-state index is 11.9. The van der Waals surface area contributed by atoms with E-state index in [4.69, 9.17) is 4.74 Å². The fraction of sp³-hybridized carbons (Fsp3) is 0.176. The van der Waals surface area contributed by atoms with Gasteiger partial charge in [0.25, 0.3) is 5.91 Å². The first-order chi connectivity index (χ1) is 10.6. The molecule has 4 nitrogen and oxygen atoms in total. The van der Waals surface area contributed by atoms with Crippen molar-refractivity contribution in [3.8, 4) is 5.75 Å². The van der Waals surface area contributed by atoms with Gasteiger partial charge in [0.2, 0.25) is 0 Å². The van der Waals surface area contributed by atoms with Crippen LogP contribution in [0.1, 0.15) is 28.9 Å². The molecule has 22 heavy (non-hydrogen) atoms. The lowest BCUT2D eigenvalue weighted by Gasteiger charge is -2.16. The first-order valence-electron chi connectivity index (χ1n) is 6.82. The third-order valence-electron chi connectivity index (χ3n) is 3.11. The number of halogens is 1. The van der Waals surface area contributed by atoms with Gasteiger partial charge in [-0.05, 0) is 30.7 Å². The van der Waals surface area contributed by atoms with Gasteiger partial charge in [0.15, 0.2) is 6.61 Å². The molecule has 0 bridgehead atoms. The average molecular weight is 362 g/mol. The molecule has 0 aromatic heterocycles. The number of amides is 1. The molecule has 0 spiro atoms. The van der Waals surface area contributed by atoms with Crippen LogP contribution in [0.3, 0.4) is 0 Å². The second-order valence-electron chi connectivity index (χ2n) is 4.79. The fourth-order valence-electron chi connectivity index (χ4n) is 2.01. The van der Waals surface area contributed by atoms with E-state index in [0.29, 0.717) is 11.3 Å². The quantitative estimate of drug-likeness (QED) is 0.800. The van der Waals surface area contributed by atoms with Crippen LogP contribution in [0.4, 0.5) is 0 Å². The van der Waals surface area contributed by atoms with E-state index in [1.165, 1.54) is 0 Å². The van der Waals surface area contributed by atoms with Crippen molar-refractivity contribution in [1.29, 1.82) is 0 Å². The smallest absolute Gasteiger partial charge is 0.258 e. The zero-order valence-electron chi connectivity index (χ0n) is 12.1. The standard InChI is InChI=1S/C17H16BrNO3/c1-12(15-7-2-3-8-16(15)18)19-17(21)11-22-14-6-4-5-13(9-14)10-20/h2-10,12H,11H2,1H3,(H,19,21)/t12-/m1/s1. The molecule has 1 atom stereocenters. The SMILES string of the molecule is C[C@@H](NC(=O)COc1cccc(C=O)c1)c1ccccc1Br. The first kappa shape index (κ1) is 16.2. The minimum atomic E-state index is -0.222. The predicted octanol–water partition coefficient (Wildman–Crippen LogP) is 3.52. The normalized spacial score (nSPS) is 11.5. The second-order valence-corrected chi connectivity index (χ2v) is 5.64. The molecule has 0 radical (unpaired) electrons. The molecule has 0 aliphatic carbocycles. The number of benzene rings is 2. The third kappa shape index (κ3) is 4.43. The van der Waals surface area contributed by atoms with E-state index in [2.05, 4.69) is 21.2 Å². The van der Waals surface area contributed by atoms with Crippen LogP contribution >= 0.6 is 15.9 Å². The van der Waals surface area contributed by atoms with Crippen LogP contribution in [0, 0.1) is 0 Å². The van der Waals surface area contributed by atoms with Crippen LogP contribution in [0.25, 0.3) is 0 Å². The molecule has 0 aliphatic rings. The molecule has 0 aliphatic heterocycles. The Hall–Kier alpha value is -2.14. The Morgan fingerprint density at radius 2 is 2.05 bits per heavy atom. The van der Waals surface area contributed by atoms with Crippen LogP contribution in [0.15, 0.2) is 53.0 Å². The van der Waals surface area contributed by atoms with Crippen LogP contribution in [0.5, 0.6) is 5.75 Å². The van der Waals surface area contributed by atoms with Crippen molar-refractivity contribution in [3.63, 3.8) is 0 Å². The topological polar surface area (TPSA) is 55.4 Å². The highest BCUT2D eigenvalue weighted by Crippen LogP contribution is 2.22. The number of aldehydes is 1. The lowest BCUT2D eigenvalue weighted by Crippen LogP contribution is -2.31. The maximum Gasteiger partial charge on any atom is 0.258 e. The van der Waals surface area contributed by atoms with E-state index < -0.39 is 0 Å². The van der Waals surface area contributed by atoms with E-state index in [0.717, 1.165) is 16.3 Å². The summed E-state index contributed by atoms with van der Waals surface area (Å²) in [7, 11) is 0. The van der Waals surface area contributed by atoms with Gasteiger partial charge in [-0.3, -0.25) is 9.59 Å². The van der Waals surface area contributed by atoms with E-state index in [1.54, 1.807) is 24.3 Å². The Morgan fingerprint density at radius 3 is 2.77 bits per heavy atom. The molecule has 0 heterocycles. The van der Waals surface area contributed by atoms with Crippen LogP contribution in [0.2, 0.25) is 0 Å². The van der Waals surface area contributed by atoms with Gasteiger partial charge < -0.3 is 10.1 Å². The summed E-state index contributed by atoms with van der Waals surface area (Å²) >= 11 is 3.46. The van der Waals surface area contributed by atoms with Gasteiger partial charge in [-0.25, -0.2) is 0 Å². The number of carbonyl (C=O) groups excluding carboxylic acids is 2. The number of ether oxygens (including phenoxy) is 1. The zero-order valence-corrected chi connectivity index (χ0v) is 13.7. The van der Waals surface area contributed by atoms with Crippen molar-refractivity contribution in [2.45, 2.75) is 13.0 Å². The largest absolute Gasteiger partial charge is 0.484 e. The molecule has 0 fully saturated rings. The van der Waals surface area contributed by atoms with Crippen LogP contribution < -0.4 is 10.1 Å². The summed E-state index contributed by atoms with van der Waals surface area (Å²) in [6.45, 7) is 1.81. The first-order valence-corrected chi connectivity index (χ1v) is 7.61. The summed E-state index contributed by atoms with van der Waals surface area (Å²) in [6, 6.07) is 14.3. The number of rotatable bonds is 6. The molecule has 2 rings (SSSR count). The summed E-state index contributed by atoms with van der Waals surface area (Å²) in [5.41, 5.74) is 1.51. The molecular weight excluding hydrogens is 346 g/mol. The van der Waals surface area contributed by atoms with Gasteiger partial charge in [0.1, 0.15) is 12.0 Å². The zero-order chi connectivity index (χ0) is 15.9. The highest BCUT2D eigenvalue weighted by Gasteiger charge is 2.12. The van der Waals surface area contributed by atoms with E-state index in [-0.39, 0.29) is 18.6 Å². The van der Waals surface area contributed by atoms with Gasteiger partial charge in [0, 0.05) is 10.0 Å². The van der Waals surface area contributed by atoms with Crippen molar-refractivity contribution < 1.29 is 14.3 Å². The monoisotopic (exact) mass is 361 g/mol. The highest BCUT2D eigenvalue weighted by atomic mass is 79.9. The van der Waals surface area contributed by atoms with Gasteiger partial charge >= 0.3 is 0 Å². The summed E-state index contributed by atoms with van der Waals surface area (Å²) < 4.78 is 6.34. The molecular formula is C17H16BrNO3. The van der Waals surface area contributed by atoms with Crippen molar-refractivity contribution in [2.75, 3.05) is 6.61 Å². The molecule has 0 saturated heterocycles. The molecule has 2 aromatic rings. The second kappa shape index (κ2) is 7.75. The van der Waals surface area contributed by atoms with E-state index in [9.17, 15) is 9.59 Å². The summed E-state index contributed by atoms with van der Waals surface area (Å²) in [5, 5.41) is 2.87. The molecule has 1 N–H and O–H groups in total. The summed E-state index contributed by atoms with van der Waals surface area (Å²) in [4.78, 5) is 22.6. The van der Waals surface area contributed by atoms with Crippen molar-refractivity contribution in [2.24, 2.45) is 0 Å². The van der Waals surface area contributed by atoms with E-state index in [1.807, 2.05) is 31.2 Å². The van der Waals surface area contributed by atoms with Crippen molar-refractivity contribution >= 4 is 28.1 Å². The number of hydrogen-bond donors (Lipinski definition) is 1. The van der Waals surface area contributed by atoms with Gasteiger partial charge in [-0.15, -0.1) is 0 Å². The molecule has 2 aromatic carbocycles. The molecule has 1 amide bonds. The Morgan fingerprint density at radius 1 is 1.27 bits per heavy atom. The molecule has 0 unspecified atom stereocenters. The van der Waals surface area contributed by atoms with E-state index >= 15 is 0 Å². The minimum absolute atomic E-state index is 0.100. The minimum Gasteiger partial charge on any atom is -0.484 e. The Labute approximate surface area is 137 Å². The average Bonchev–Trinajstić information content (AvgIpc) is 2.53. The molecule has 0 saturated carbocycles. The van der Waals surface area contributed by atoms with Crippen LogP contribution in [-0.2, 0) is 4.79 Å². The van der Waals surface area contributed by atoms with Gasteiger partial charge in [-0.1, -0.05) is 46.3 Å². The Balaban J connectivity index is 1.90. The van der Waals surface area contributed by atoms with Crippen LogP contribution in [-0.4, -0.2) is 18.8 Å². The highest BCUT2D eigenvalue weighted by molar-refractivity contribution is 9.10. The fourth-order valence-corrected chi connectivity index (χ4v) is 2.64. The molecule has 5 heteroatoms. The van der Waals surface area contributed by atoms with Gasteiger partial charge in [0.05, 0.1) is 6.04 Å². The third-order valence-corrected chi connectivity index (χ3v) is 3.84. The lowest BCUT2D eigenvalue weighted by molar-refractivity contribution is -0.123. The van der Waals surface area contributed by atoms with Crippen molar-refractivity contribution in [3.05, 3.63) is 64.1 Å². The Kier molecular flexibility index (Phi) is 5.72. The van der Waals surface area contributed by atoms with Crippen molar-refractivity contribution in [1.82, 2.24) is 5.32 Å². The number of nitrogens with one attached hydrogen (secondary N) is 1. The predicted molar refractivity (Wildman–Crippen MR) is 88.0 cm³/mol. The summed E-state index contributed by atoms with van der Waals surface area (Å²) in [6.07, 6.45) is 0.738. The maximum atomic E-state index is 11.9. The summed E-state index contributed by atoms with van der Waals surface area (Å²) in [5.74, 6) is 0.271. The lowest BCUT2D eigenvalue weighted by atomic mass is 10.1.